The fourth-order valence-electron chi connectivity index (χ4n) is 2.72. The number of nitrogens with one attached hydrogen (secondary N) is 2. The van der Waals surface area contributed by atoms with Crippen LogP contribution in [0.3, 0.4) is 0 Å². The molecule has 152 valence electrons. The van der Waals surface area contributed by atoms with E-state index in [1.54, 1.807) is 31.2 Å². The number of benzene rings is 1. The summed E-state index contributed by atoms with van der Waals surface area (Å²) in [5.74, 6) is -1.51. The summed E-state index contributed by atoms with van der Waals surface area (Å²) >= 11 is 5.83. The molecule has 1 atom stereocenters. The van der Waals surface area contributed by atoms with Crippen molar-refractivity contribution in [3.05, 3.63) is 29.3 Å². The molecule has 1 heterocycles. The zero-order valence-electron chi connectivity index (χ0n) is 16.1. The van der Waals surface area contributed by atoms with Gasteiger partial charge in [0.05, 0.1) is 0 Å². The van der Waals surface area contributed by atoms with Gasteiger partial charge >= 0.3 is 12.0 Å². The number of imide groups is 1. The minimum Gasteiger partial charge on any atom is -0.454 e. The first-order valence-corrected chi connectivity index (χ1v) is 9.33. The van der Waals surface area contributed by atoms with Crippen molar-refractivity contribution in [1.82, 2.24) is 10.2 Å². The Balaban J connectivity index is 1.84. The molecule has 0 bridgehead atoms. The summed E-state index contributed by atoms with van der Waals surface area (Å²) in [6.07, 6.45) is 1.23. The fraction of sp³-hybridized carbons (Fsp3) is 0.474. The quantitative estimate of drug-likeness (QED) is 0.507. The number of carbonyl (C=O) groups excluding carboxylic acids is 4. The standard InChI is InChI=1S/C19H24ClN3O5/c1-12(2)7-8-19(3)17(26)23(18(27)22-19)10-16(25)28-11-15(24)21-14-6-4-5-13(20)9-14/h4-6,9,12H,7-8,10-11H2,1-3H3,(H,21,24)(H,22,27)/t19-/m0/s1. The highest BCUT2D eigenvalue weighted by Gasteiger charge is 2.48. The number of amides is 4. The van der Waals surface area contributed by atoms with Crippen LogP contribution >= 0.6 is 11.6 Å². The maximum Gasteiger partial charge on any atom is 0.326 e. The van der Waals surface area contributed by atoms with Crippen LogP contribution < -0.4 is 10.6 Å². The molecular weight excluding hydrogens is 386 g/mol. The van der Waals surface area contributed by atoms with Crippen LogP contribution in [-0.2, 0) is 19.1 Å². The van der Waals surface area contributed by atoms with Gasteiger partial charge in [0.15, 0.2) is 6.61 Å². The highest BCUT2D eigenvalue weighted by molar-refractivity contribution is 6.30. The predicted molar refractivity (Wildman–Crippen MR) is 104 cm³/mol. The number of carbonyl (C=O) groups is 4. The Bertz CT molecular complexity index is 783. The van der Waals surface area contributed by atoms with Crippen molar-refractivity contribution in [3.63, 3.8) is 0 Å². The highest BCUT2D eigenvalue weighted by Crippen LogP contribution is 2.24. The first-order chi connectivity index (χ1) is 13.1. The Morgan fingerprint density at radius 2 is 2.04 bits per heavy atom. The van der Waals surface area contributed by atoms with E-state index in [1.807, 2.05) is 13.8 Å². The van der Waals surface area contributed by atoms with Crippen LogP contribution in [0.25, 0.3) is 0 Å². The number of esters is 1. The number of rotatable bonds is 8. The summed E-state index contributed by atoms with van der Waals surface area (Å²) in [6.45, 7) is 4.59. The SMILES string of the molecule is CC(C)CC[C@]1(C)NC(=O)N(CC(=O)OCC(=O)Nc2cccc(Cl)c2)C1=O. The van der Waals surface area contributed by atoms with Gasteiger partial charge in [0.2, 0.25) is 0 Å². The Kier molecular flexibility index (Phi) is 7.01. The summed E-state index contributed by atoms with van der Waals surface area (Å²) in [4.78, 5) is 49.3. The van der Waals surface area contributed by atoms with E-state index in [0.29, 0.717) is 23.0 Å². The maximum absolute atomic E-state index is 12.5. The van der Waals surface area contributed by atoms with E-state index >= 15 is 0 Å². The first-order valence-electron chi connectivity index (χ1n) is 8.96. The highest BCUT2D eigenvalue weighted by atomic mass is 35.5. The molecule has 0 aromatic heterocycles. The van der Waals surface area contributed by atoms with Gasteiger partial charge in [-0.3, -0.25) is 19.3 Å². The van der Waals surface area contributed by atoms with E-state index in [4.69, 9.17) is 16.3 Å². The van der Waals surface area contributed by atoms with E-state index < -0.39 is 42.5 Å². The molecule has 1 saturated heterocycles. The lowest BCUT2D eigenvalue weighted by Gasteiger charge is -2.22. The van der Waals surface area contributed by atoms with Crippen molar-refractivity contribution < 1.29 is 23.9 Å². The Labute approximate surface area is 168 Å². The van der Waals surface area contributed by atoms with Crippen LogP contribution in [0.4, 0.5) is 10.5 Å². The number of urea groups is 1. The minimum absolute atomic E-state index is 0.374. The maximum atomic E-state index is 12.5. The second kappa shape index (κ2) is 9.05. The largest absolute Gasteiger partial charge is 0.454 e. The Morgan fingerprint density at radius 1 is 1.32 bits per heavy atom. The second-order valence-electron chi connectivity index (χ2n) is 7.31. The van der Waals surface area contributed by atoms with Gasteiger partial charge in [-0.05, 0) is 43.9 Å². The van der Waals surface area contributed by atoms with Crippen molar-refractivity contribution in [2.75, 3.05) is 18.5 Å². The zero-order valence-corrected chi connectivity index (χ0v) is 16.8. The molecule has 0 radical (unpaired) electrons. The summed E-state index contributed by atoms with van der Waals surface area (Å²) < 4.78 is 4.87. The van der Waals surface area contributed by atoms with Gasteiger partial charge in [-0.2, -0.15) is 0 Å². The van der Waals surface area contributed by atoms with Crippen molar-refractivity contribution in [3.8, 4) is 0 Å². The van der Waals surface area contributed by atoms with Crippen LogP contribution in [0, 0.1) is 5.92 Å². The van der Waals surface area contributed by atoms with Gasteiger partial charge in [-0.25, -0.2) is 4.79 Å². The molecule has 1 aliphatic heterocycles. The van der Waals surface area contributed by atoms with Gasteiger partial charge in [-0.15, -0.1) is 0 Å². The van der Waals surface area contributed by atoms with E-state index in [9.17, 15) is 19.2 Å². The molecule has 1 aromatic carbocycles. The average Bonchev–Trinajstić information content (AvgIpc) is 2.82. The van der Waals surface area contributed by atoms with Crippen molar-refractivity contribution in [2.24, 2.45) is 5.92 Å². The smallest absolute Gasteiger partial charge is 0.326 e. The number of anilines is 1. The lowest BCUT2D eigenvalue weighted by molar-refractivity contribution is -0.150. The summed E-state index contributed by atoms with van der Waals surface area (Å²) in [6, 6.07) is 5.86. The van der Waals surface area contributed by atoms with Crippen LogP contribution in [0.1, 0.15) is 33.6 Å². The lowest BCUT2D eigenvalue weighted by atomic mass is 9.92. The normalized spacial score (nSPS) is 19.0. The summed E-state index contributed by atoms with van der Waals surface area (Å²) in [5.41, 5.74) is -0.574. The van der Waals surface area contributed by atoms with E-state index in [-0.39, 0.29) is 0 Å². The Hall–Kier alpha value is -2.61. The van der Waals surface area contributed by atoms with Crippen molar-refractivity contribution >= 4 is 41.1 Å². The van der Waals surface area contributed by atoms with E-state index in [0.717, 1.165) is 11.3 Å². The molecule has 1 aromatic rings. The topological polar surface area (TPSA) is 105 Å². The molecular formula is C19H24ClN3O5. The monoisotopic (exact) mass is 409 g/mol. The predicted octanol–water partition coefficient (Wildman–Crippen LogP) is 2.57. The third-order valence-electron chi connectivity index (χ3n) is 4.33. The van der Waals surface area contributed by atoms with Gasteiger partial charge < -0.3 is 15.4 Å². The zero-order chi connectivity index (χ0) is 20.9. The van der Waals surface area contributed by atoms with E-state index in [2.05, 4.69) is 10.6 Å². The average molecular weight is 410 g/mol. The second-order valence-corrected chi connectivity index (χ2v) is 7.74. The van der Waals surface area contributed by atoms with E-state index in [1.165, 1.54) is 0 Å². The van der Waals surface area contributed by atoms with Crippen LogP contribution in [0.5, 0.6) is 0 Å². The molecule has 0 saturated carbocycles. The molecule has 2 N–H and O–H groups in total. The van der Waals surface area contributed by atoms with Gasteiger partial charge in [0, 0.05) is 10.7 Å². The fourth-order valence-corrected chi connectivity index (χ4v) is 2.91. The van der Waals surface area contributed by atoms with Gasteiger partial charge in [0.1, 0.15) is 12.1 Å². The van der Waals surface area contributed by atoms with Gasteiger partial charge in [-0.1, -0.05) is 31.5 Å². The number of halogens is 1. The molecule has 28 heavy (non-hydrogen) atoms. The molecule has 4 amide bonds. The Morgan fingerprint density at radius 3 is 2.68 bits per heavy atom. The summed E-state index contributed by atoms with van der Waals surface area (Å²) in [5, 5.41) is 5.61. The number of nitrogens with zero attached hydrogens (tertiary/aromatic N) is 1. The molecule has 1 fully saturated rings. The first kappa shape index (κ1) is 21.7. The number of hydrogen-bond acceptors (Lipinski definition) is 5. The lowest BCUT2D eigenvalue weighted by Crippen LogP contribution is -2.44. The molecule has 8 nitrogen and oxygen atoms in total. The van der Waals surface area contributed by atoms with Crippen LogP contribution in [-0.4, -0.2) is 47.4 Å². The third-order valence-corrected chi connectivity index (χ3v) is 4.56. The minimum atomic E-state index is -1.04. The van der Waals surface area contributed by atoms with Crippen LogP contribution in [0.2, 0.25) is 5.02 Å². The molecule has 0 aliphatic carbocycles. The molecule has 0 spiro atoms. The van der Waals surface area contributed by atoms with Crippen LogP contribution in [0.15, 0.2) is 24.3 Å². The number of hydrogen-bond donors (Lipinski definition) is 2. The molecule has 1 aliphatic rings. The summed E-state index contributed by atoms with van der Waals surface area (Å²) in [7, 11) is 0. The molecule has 0 unspecified atom stereocenters. The number of ether oxygens (including phenoxy) is 1. The van der Waals surface area contributed by atoms with Crippen molar-refractivity contribution in [2.45, 2.75) is 39.2 Å². The van der Waals surface area contributed by atoms with Gasteiger partial charge in [0.25, 0.3) is 11.8 Å². The van der Waals surface area contributed by atoms with Crippen molar-refractivity contribution in [1.29, 1.82) is 0 Å². The molecule has 9 heteroatoms. The third kappa shape index (κ3) is 5.69. The molecule has 2 rings (SSSR count).